The van der Waals surface area contributed by atoms with Gasteiger partial charge in [-0.2, -0.15) is 4.89 Å². The number of carbonyl (C=O) groups is 1. The highest BCUT2D eigenvalue weighted by molar-refractivity contribution is 5.90. The molecule has 0 spiro atoms. The van der Waals surface area contributed by atoms with Crippen LogP contribution >= 0.6 is 0 Å². The largest absolute Gasteiger partial charge is 0.373 e. The lowest BCUT2D eigenvalue weighted by Gasteiger charge is -2.02. The van der Waals surface area contributed by atoms with Crippen LogP contribution in [-0.4, -0.2) is 17.9 Å². The summed E-state index contributed by atoms with van der Waals surface area (Å²) >= 11 is 0. The fourth-order valence-corrected chi connectivity index (χ4v) is 0.927. The lowest BCUT2D eigenvalue weighted by molar-refractivity contribution is -0.280. The monoisotopic (exact) mass is 182 g/mol. The van der Waals surface area contributed by atoms with E-state index in [4.69, 9.17) is 5.11 Å². The van der Waals surface area contributed by atoms with Crippen LogP contribution in [-0.2, 0) is 9.78 Å². The van der Waals surface area contributed by atoms with Crippen molar-refractivity contribution < 1.29 is 19.7 Å². The number of aliphatic hydroxyl groups excluding tert-OH is 1. The molecule has 0 aliphatic heterocycles. The molecule has 0 saturated carbocycles. The minimum absolute atomic E-state index is 0.427. The molecule has 1 N–H and O–H groups in total. The zero-order valence-corrected chi connectivity index (χ0v) is 7.19. The van der Waals surface area contributed by atoms with Gasteiger partial charge in [-0.3, -0.25) is 4.89 Å². The predicted molar refractivity (Wildman–Crippen MR) is 44.8 cm³/mol. The first-order valence-corrected chi connectivity index (χ1v) is 3.76. The quantitative estimate of drug-likeness (QED) is 0.431. The van der Waals surface area contributed by atoms with Crippen molar-refractivity contribution in [2.45, 2.75) is 6.92 Å². The molecule has 1 rings (SSSR count). The van der Waals surface area contributed by atoms with Crippen LogP contribution in [0.1, 0.15) is 15.9 Å². The van der Waals surface area contributed by atoms with E-state index in [0.29, 0.717) is 5.56 Å². The van der Waals surface area contributed by atoms with Gasteiger partial charge in [0, 0.05) is 0 Å². The standard InChI is InChI=1S/C9H10O4/c1-7-4-2-3-5-8(7)9(11)13-12-6-10/h2-5,10H,6H2,1H3. The van der Waals surface area contributed by atoms with Crippen LogP contribution in [0.2, 0.25) is 0 Å². The maximum absolute atomic E-state index is 11.2. The molecule has 0 atom stereocenters. The SMILES string of the molecule is Cc1ccccc1C(=O)OOCO. The van der Waals surface area contributed by atoms with E-state index in [2.05, 4.69) is 9.78 Å². The Kier molecular flexibility index (Phi) is 3.42. The minimum atomic E-state index is -0.641. The molecule has 0 aromatic heterocycles. The first-order valence-electron chi connectivity index (χ1n) is 3.76. The third-order valence-electron chi connectivity index (χ3n) is 1.55. The summed E-state index contributed by atoms with van der Waals surface area (Å²) in [6.07, 6.45) is 0. The summed E-state index contributed by atoms with van der Waals surface area (Å²) in [7, 11) is 0. The van der Waals surface area contributed by atoms with Gasteiger partial charge in [-0.15, -0.1) is 0 Å². The lowest BCUT2D eigenvalue weighted by Crippen LogP contribution is -2.07. The summed E-state index contributed by atoms with van der Waals surface area (Å²) in [5.74, 6) is -0.604. The van der Waals surface area contributed by atoms with Gasteiger partial charge in [-0.1, -0.05) is 18.2 Å². The number of benzene rings is 1. The number of hydrogen-bond donors (Lipinski definition) is 1. The Balaban J connectivity index is 2.71. The number of aliphatic hydroxyl groups is 1. The molecule has 1 aromatic rings. The van der Waals surface area contributed by atoms with Gasteiger partial charge in [0.05, 0.1) is 5.56 Å². The molecule has 0 bridgehead atoms. The van der Waals surface area contributed by atoms with Gasteiger partial charge >= 0.3 is 5.97 Å². The third kappa shape index (κ3) is 2.54. The first kappa shape index (κ1) is 9.70. The summed E-state index contributed by atoms with van der Waals surface area (Å²) < 4.78 is 0. The van der Waals surface area contributed by atoms with Crippen molar-refractivity contribution >= 4 is 5.97 Å². The average molecular weight is 182 g/mol. The Morgan fingerprint density at radius 3 is 2.77 bits per heavy atom. The maximum atomic E-state index is 11.2. The van der Waals surface area contributed by atoms with Crippen molar-refractivity contribution in [3.05, 3.63) is 35.4 Å². The van der Waals surface area contributed by atoms with Gasteiger partial charge in [-0.05, 0) is 18.6 Å². The molecule has 0 fully saturated rings. The van der Waals surface area contributed by atoms with E-state index < -0.39 is 12.8 Å². The Bertz CT molecular complexity index is 295. The van der Waals surface area contributed by atoms with Crippen molar-refractivity contribution in [3.63, 3.8) is 0 Å². The van der Waals surface area contributed by atoms with Crippen LogP contribution in [0.15, 0.2) is 24.3 Å². The number of rotatable bonds is 3. The fourth-order valence-electron chi connectivity index (χ4n) is 0.927. The molecule has 0 heterocycles. The maximum Gasteiger partial charge on any atom is 0.373 e. The van der Waals surface area contributed by atoms with Crippen molar-refractivity contribution in [1.29, 1.82) is 0 Å². The second kappa shape index (κ2) is 4.59. The van der Waals surface area contributed by atoms with Gasteiger partial charge in [-0.25, -0.2) is 4.79 Å². The summed E-state index contributed by atoms with van der Waals surface area (Å²) in [6, 6.07) is 6.95. The highest BCUT2D eigenvalue weighted by Gasteiger charge is 2.09. The van der Waals surface area contributed by atoms with Gasteiger partial charge in [0.2, 0.25) is 0 Å². The van der Waals surface area contributed by atoms with Gasteiger partial charge in [0.1, 0.15) is 0 Å². The molecule has 4 nitrogen and oxygen atoms in total. The van der Waals surface area contributed by atoms with E-state index in [1.165, 1.54) is 0 Å². The highest BCUT2D eigenvalue weighted by atomic mass is 17.2. The zero-order chi connectivity index (χ0) is 9.68. The van der Waals surface area contributed by atoms with Crippen LogP contribution in [0.4, 0.5) is 0 Å². The minimum Gasteiger partial charge on any atom is -0.367 e. The Morgan fingerprint density at radius 2 is 2.15 bits per heavy atom. The average Bonchev–Trinajstić information content (AvgIpc) is 2.15. The Hall–Kier alpha value is -1.39. The smallest absolute Gasteiger partial charge is 0.367 e. The second-order valence-electron chi connectivity index (χ2n) is 2.43. The van der Waals surface area contributed by atoms with E-state index >= 15 is 0 Å². The molecular formula is C9H10O4. The van der Waals surface area contributed by atoms with Gasteiger partial charge < -0.3 is 5.11 Å². The number of hydrogen-bond acceptors (Lipinski definition) is 4. The molecule has 4 heteroatoms. The Morgan fingerprint density at radius 1 is 1.46 bits per heavy atom. The lowest BCUT2D eigenvalue weighted by atomic mass is 10.1. The normalized spacial score (nSPS) is 9.69. The van der Waals surface area contributed by atoms with Crippen molar-refractivity contribution in [3.8, 4) is 0 Å². The highest BCUT2D eigenvalue weighted by Crippen LogP contribution is 2.08. The zero-order valence-electron chi connectivity index (χ0n) is 7.19. The number of carbonyl (C=O) groups excluding carboxylic acids is 1. The summed E-state index contributed by atoms with van der Waals surface area (Å²) in [5, 5.41) is 8.23. The molecular weight excluding hydrogens is 172 g/mol. The molecule has 70 valence electrons. The summed E-state index contributed by atoms with van der Waals surface area (Å²) in [6.45, 7) is 1.15. The molecule has 0 unspecified atom stereocenters. The third-order valence-corrected chi connectivity index (χ3v) is 1.55. The second-order valence-corrected chi connectivity index (χ2v) is 2.43. The van der Waals surface area contributed by atoms with Crippen LogP contribution in [0.3, 0.4) is 0 Å². The van der Waals surface area contributed by atoms with Crippen LogP contribution in [0.25, 0.3) is 0 Å². The van der Waals surface area contributed by atoms with E-state index in [9.17, 15) is 4.79 Å². The number of aryl methyl sites for hydroxylation is 1. The van der Waals surface area contributed by atoms with E-state index in [0.717, 1.165) is 5.56 Å². The van der Waals surface area contributed by atoms with Crippen molar-refractivity contribution in [1.82, 2.24) is 0 Å². The summed E-state index contributed by atoms with van der Waals surface area (Å²) in [4.78, 5) is 19.5. The molecule has 0 radical (unpaired) electrons. The summed E-state index contributed by atoms with van der Waals surface area (Å²) in [5.41, 5.74) is 1.23. The predicted octanol–water partition coefficient (Wildman–Crippen LogP) is 1.03. The van der Waals surface area contributed by atoms with Crippen LogP contribution < -0.4 is 0 Å². The van der Waals surface area contributed by atoms with E-state index in [1.807, 2.05) is 6.07 Å². The molecule has 1 aromatic carbocycles. The van der Waals surface area contributed by atoms with Gasteiger partial charge in [0.15, 0.2) is 6.79 Å². The van der Waals surface area contributed by atoms with Crippen LogP contribution in [0, 0.1) is 6.92 Å². The molecule has 0 saturated heterocycles. The molecule has 0 aliphatic carbocycles. The topological polar surface area (TPSA) is 55.8 Å². The van der Waals surface area contributed by atoms with Gasteiger partial charge in [0.25, 0.3) is 0 Å². The van der Waals surface area contributed by atoms with Crippen molar-refractivity contribution in [2.24, 2.45) is 0 Å². The molecule has 0 amide bonds. The Labute approximate surface area is 75.6 Å². The van der Waals surface area contributed by atoms with E-state index in [1.54, 1.807) is 25.1 Å². The first-order chi connectivity index (χ1) is 6.25. The van der Waals surface area contributed by atoms with E-state index in [-0.39, 0.29) is 0 Å². The molecule has 13 heavy (non-hydrogen) atoms. The fraction of sp³-hybridized carbons (Fsp3) is 0.222. The van der Waals surface area contributed by atoms with Crippen molar-refractivity contribution in [2.75, 3.05) is 6.79 Å². The molecule has 0 aliphatic rings. The van der Waals surface area contributed by atoms with Crippen LogP contribution in [0.5, 0.6) is 0 Å².